The lowest BCUT2D eigenvalue weighted by atomic mass is 9.83. The van der Waals surface area contributed by atoms with Crippen LogP contribution in [0.4, 0.5) is 0 Å². The summed E-state index contributed by atoms with van der Waals surface area (Å²) < 4.78 is 13.4. The first-order valence-corrected chi connectivity index (χ1v) is 11.6. The number of nitrogens with one attached hydrogen (secondary N) is 1. The smallest absolute Gasteiger partial charge is 0.156 e. The lowest BCUT2D eigenvalue weighted by Crippen LogP contribution is -2.44. The van der Waals surface area contributed by atoms with Gasteiger partial charge in [0.2, 0.25) is 0 Å². The minimum absolute atomic E-state index is 0.537. The zero-order chi connectivity index (χ0) is 19.9. The second-order valence-corrected chi connectivity index (χ2v) is 9.13. The second kappa shape index (κ2) is 7.94. The van der Waals surface area contributed by atoms with Gasteiger partial charge in [-0.3, -0.25) is 9.30 Å². The summed E-state index contributed by atoms with van der Waals surface area (Å²) in [5.41, 5.74) is 5.75. The van der Waals surface area contributed by atoms with Crippen molar-refractivity contribution in [2.75, 3.05) is 39.5 Å². The molecule has 30 heavy (non-hydrogen) atoms. The number of aromatic amines is 1. The third kappa shape index (κ3) is 3.33. The van der Waals surface area contributed by atoms with E-state index >= 15 is 0 Å². The van der Waals surface area contributed by atoms with Crippen molar-refractivity contribution in [3.8, 4) is 0 Å². The molecule has 0 atom stereocenters. The Morgan fingerprint density at radius 1 is 0.900 bits per heavy atom. The van der Waals surface area contributed by atoms with Crippen molar-refractivity contribution in [1.82, 2.24) is 24.3 Å². The lowest BCUT2D eigenvalue weighted by Gasteiger charge is -2.38. The average Bonchev–Trinajstić information content (AvgIpc) is 3.44. The summed E-state index contributed by atoms with van der Waals surface area (Å²) in [6.07, 6.45) is 13.5. The van der Waals surface area contributed by atoms with Crippen LogP contribution in [0.15, 0.2) is 18.6 Å². The van der Waals surface area contributed by atoms with Gasteiger partial charge in [-0.15, -0.1) is 0 Å². The lowest BCUT2D eigenvalue weighted by molar-refractivity contribution is 0.00722. The van der Waals surface area contributed by atoms with Crippen molar-refractivity contribution in [3.63, 3.8) is 0 Å². The Morgan fingerprint density at radius 2 is 1.67 bits per heavy atom. The van der Waals surface area contributed by atoms with Crippen molar-refractivity contribution >= 4 is 16.8 Å². The van der Waals surface area contributed by atoms with Crippen LogP contribution in [0.1, 0.15) is 61.6 Å². The highest BCUT2D eigenvalue weighted by atomic mass is 16.5. The van der Waals surface area contributed by atoms with E-state index in [-0.39, 0.29) is 0 Å². The van der Waals surface area contributed by atoms with E-state index in [1.165, 1.54) is 42.5 Å². The number of rotatable bonds is 3. The average molecular weight is 410 g/mol. The normalized spacial score (nSPS) is 27.2. The van der Waals surface area contributed by atoms with Crippen LogP contribution in [0.5, 0.6) is 0 Å². The minimum atomic E-state index is 0.537. The van der Waals surface area contributed by atoms with Crippen molar-refractivity contribution in [1.29, 1.82) is 0 Å². The Balaban J connectivity index is 1.26. The van der Waals surface area contributed by atoms with Gasteiger partial charge in [-0.1, -0.05) is 0 Å². The predicted molar refractivity (Wildman–Crippen MR) is 115 cm³/mol. The molecule has 2 saturated heterocycles. The Bertz CT molecular complexity index is 1010. The molecule has 0 aromatic carbocycles. The van der Waals surface area contributed by atoms with Gasteiger partial charge in [0.1, 0.15) is 0 Å². The maximum absolute atomic E-state index is 5.58. The molecule has 0 radical (unpaired) electrons. The van der Waals surface area contributed by atoms with E-state index in [9.17, 15) is 0 Å². The molecular weight excluding hydrogens is 378 g/mol. The molecule has 3 aliphatic rings. The third-order valence-electron chi connectivity index (χ3n) is 7.50. The van der Waals surface area contributed by atoms with Gasteiger partial charge in [0.15, 0.2) is 11.3 Å². The highest BCUT2D eigenvalue weighted by Gasteiger charge is 2.29. The molecule has 6 rings (SSSR count). The maximum atomic E-state index is 5.58. The zero-order valence-electron chi connectivity index (χ0n) is 17.6. The monoisotopic (exact) mass is 409 g/mol. The molecule has 0 spiro atoms. The van der Waals surface area contributed by atoms with Gasteiger partial charge in [-0.2, -0.15) is 0 Å². The molecule has 1 aliphatic carbocycles. The van der Waals surface area contributed by atoms with E-state index in [1.54, 1.807) is 0 Å². The summed E-state index contributed by atoms with van der Waals surface area (Å²) in [7, 11) is 0. The molecule has 0 unspecified atom stereocenters. The van der Waals surface area contributed by atoms with Crippen molar-refractivity contribution in [2.24, 2.45) is 0 Å². The number of H-pyrrole nitrogens is 1. The van der Waals surface area contributed by atoms with Gasteiger partial charge in [0.05, 0.1) is 30.6 Å². The Hall–Kier alpha value is -1.96. The molecular formula is C23H31N5O2. The first-order chi connectivity index (χ1) is 14.9. The summed E-state index contributed by atoms with van der Waals surface area (Å²) >= 11 is 0. The summed E-state index contributed by atoms with van der Waals surface area (Å²) in [5, 5.41) is 0. The number of morpholine rings is 1. The molecule has 1 saturated carbocycles. The molecule has 1 N–H and O–H groups in total. The molecule has 3 aromatic heterocycles. The first kappa shape index (κ1) is 18.8. The van der Waals surface area contributed by atoms with Crippen LogP contribution in [-0.4, -0.2) is 69.8 Å². The highest BCUT2D eigenvalue weighted by Crippen LogP contribution is 2.36. The number of fused-ring (bicyclic) bond motifs is 3. The minimum Gasteiger partial charge on any atom is -0.381 e. The SMILES string of the molecule is c1[nH]c2ncc3nc(C4CCC(N5CCOCC5)CC4)cn3c2c1C1CCOCC1. The largest absolute Gasteiger partial charge is 0.381 e. The Morgan fingerprint density at radius 3 is 2.47 bits per heavy atom. The fourth-order valence-corrected chi connectivity index (χ4v) is 5.77. The third-order valence-corrected chi connectivity index (χ3v) is 7.50. The first-order valence-electron chi connectivity index (χ1n) is 11.6. The molecule has 7 nitrogen and oxygen atoms in total. The number of imidazole rings is 1. The van der Waals surface area contributed by atoms with Crippen LogP contribution in [0.3, 0.4) is 0 Å². The van der Waals surface area contributed by atoms with Gasteiger partial charge in [0.25, 0.3) is 0 Å². The van der Waals surface area contributed by atoms with Crippen LogP contribution in [0, 0.1) is 0 Å². The molecule has 7 heteroatoms. The second-order valence-electron chi connectivity index (χ2n) is 9.13. The molecule has 2 aliphatic heterocycles. The van der Waals surface area contributed by atoms with E-state index in [2.05, 4.69) is 31.7 Å². The topological polar surface area (TPSA) is 67.7 Å². The highest BCUT2D eigenvalue weighted by molar-refractivity contribution is 5.79. The summed E-state index contributed by atoms with van der Waals surface area (Å²) in [4.78, 5) is 15.7. The molecule has 3 fully saturated rings. The summed E-state index contributed by atoms with van der Waals surface area (Å²) in [6, 6.07) is 0.723. The Kier molecular flexibility index (Phi) is 4.97. The standard InChI is InChI=1S/C23H31N5O2/c1-3-18(27-7-11-30-12-8-27)4-2-17(1)20-15-28-21(26-20)14-25-23-22(28)19(13-24-23)16-5-9-29-10-6-16/h13-18,24H,1-12H2. The van der Waals surface area contributed by atoms with Gasteiger partial charge >= 0.3 is 0 Å². The molecule has 0 bridgehead atoms. The number of ether oxygens (including phenoxy) is 2. The summed E-state index contributed by atoms with van der Waals surface area (Å²) in [5.74, 6) is 1.09. The van der Waals surface area contributed by atoms with Crippen LogP contribution in [-0.2, 0) is 9.47 Å². The van der Waals surface area contributed by atoms with Gasteiger partial charge < -0.3 is 14.5 Å². The molecule has 0 amide bonds. The number of hydrogen-bond acceptors (Lipinski definition) is 5. The van der Waals surface area contributed by atoms with E-state index in [4.69, 9.17) is 14.5 Å². The fraction of sp³-hybridized carbons (Fsp3) is 0.652. The summed E-state index contributed by atoms with van der Waals surface area (Å²) in [6.45, 7) is 5.67. The van der Waals surface area contributed by atoms with E-state index < -0.39 is 0 Å². The maximum Gasteiger partial charge on any atom is 0.156 e. The molecule has 160 valence electrons. The van der Waals surface area contributed by atoms with Gasteiger partial charge in [-0.25, -0.2) is 9.97 Å². The number of aromatic nitrogens is 4. The van der Waals surface area contributed by atoms with Gasteiger partial charge in [0, 0.05) is 50.7 Å². The Labute approximate surface area is 176 Å². The van der Waals surface area contributed by atoms with Crippen LogP contribution in [0.25, 0.3) is 16.8 Å². The molecule has 5 heterocycles. The van der Waals surface area contributed by atoms with Crippen molar-refractivity contribution in [2.45, 2.75) is 56.4 Å². The molecule has 3 aromatic rings. The van der Waals surface area contributed by atoms with Crippen LogP contribution < -0.4 is 0 Å². The van der Waals surface area contributed by atoms with Crippen LogP contribution >= 0.6 is 0 Å². The van der Waals surface area contributed by atoms with E-state index in [0.29, 0.717) is 11.8 Å². The van der Waals surface area contributed by atoms with Crippen LogP contribution in [0.2, 0.25) is 0 Å². The van der Waals surface area contributed by atoms with Crippen molar-refractivity contribution < 1.29 is 9.47 Å². The fourth-order valence-electron chi connectivity index (χ4n) is 5.77. The zero-order valence-corrected chi connectivity index (χ0v) is 17.6. The van der Waals surface area contributed by atoms with E-state index in [0.717, 1.165) is 69.7 Å². The number of hydrogen-bond donors (Lipinski definition) is 1. The van der Waals surface area contributed by atoms with E-state index in [1.807, 2.05) is 6.20 Å². The number of nitrogens with zero attached hydrogens (tertiary/aromatic N) is 4. The van der Waals surface area contributed by atoms with Crippen molar-refractivity contribution in [3.05, 3.63) is 29.8 Å². The predicted octanol–water partition coefficient (Wildman–Crippen LogP) is 3.46. The quantitative estimate of drug-likeness (QED) is 0.718. The van der Waals surface area contributed by atoms with Gasteiger partial charge in [-0.05, 0) is 50.0 Å².